The number of benzene rings is 1. The summed E-state index contributed by atoms with van der Waals surface area (Å²) in [7, 11) is -1.30. The van der Waals surface area contributed by atoms with Gasteiger partial charge in [-0.25, -0.2) is 0 Å². The molecule has 1 aliphatic carbocycles. The van der Waals surface area contributed by atoms with Gasteiger partial charge in [-0.15, -0.1) is 0 Å². The highest BCUT2D eigenvalue weighted by atomic mass is 28.3. The zero-order valence-electron chi connectivity index (χ0n) is 16.9. The van der Waals surface area contributed by atoms with Gasteiger partial charge in [0, 0.05) is 0 Å². The molecule has 1 heterocycles. The molecular formula is C22H32Si2. The average Bonchev–Trinajstić information content (AvgIpc) is 2.53. The second-order valence-corrected chi connectivity index (χ2v) is 17.8. The van der Waals surface area contributed by atoms with Gasteiger partial charge in [-0.1, -0.05) is 97.5 Å². The third-order valence-electron chi connectivity index (χ3n) is 5.12. The fourth-order valence-electron chi connectivity index (χ4n) is 4.63. The zero-order chi connectivity index (χ0) is 18.1. The van der Waals surface area contributed by atoms with Gasteiger partial charge in [0.1, 0.15) is 8.80 Å². The van der Waals surface area contributed by atoms with Crippen LogP contribution in [0.25, 0.3) is 10.8 Å². The molecule has 1 aromatic carbocycles. The van der Waals surface area contributed by atoms with Crippen LogP contribution in [0, 0.1) is 0 Å². The fraction of sp³-hybridized carbons (Fsp3) is 0.545. The Morgan fingerprint density at radius 3 is 1.71 bits per heavy atom. The summed E-state index contributed by atoms with van der Waals surface area (Å²) in [5.74, 6) is 0. The fourth-order valence-corrected chi connectivity index (χ4v) is 12.6. The zero-order valence-corrected chi connectivity index (χ0v) is 18.9. The van der Waals surface area contributed by atoms with Gasteiger partial charge >= 0.3 is 0 Å². The summed E-state index contributed by atoms with van der Waals surface area (Å²) in [6.07, 6.45) is 0. The van der Waals surface area contributed by atoms with Gasteiger partial charge in [0.2, 0.25) is 0 Å². The lowest BCUT2D eigenvalue weighted by Crippen LogP contribution is -2.40. The molecule has 128 valence electrons. The summed E-state index contributed by atoms with van der Waals surface area (Å²) < 4.78 is 0. The predicted octanol–water partition coefficient (Wildman–Crippen LogP) is 6.86. The third kappa shape index (κ3) is 2.72. The van der Waals surface area contributed by atoms with Gasteiger partial charge in [0.05, 0.1) is 8.80 Å². The number of rotatable bonds is 1. The highest BCUT2D eigenvalue weighted by Gasteiger charge is 2.50. The van der Waals surface area contributed by atoms with Crippen LogP contribution in [0.5, 0.6) is 0 Å². The van der Waals surface area contributed by atoms with E-state index in [2.05, 4.69) is 92.3 Å². The predicted molar refractivity (Wildman–Crippen MR) is 112 cm³/mol. The van der Waals surface area contributed by atoms with Crippen LogP contribution in [0.4, 0.5) is 0 Å². The Morgan fingerprint density at radius 1 is 0.750 bits per heavy atom. The van der Waals surface area contributed by atoms with Crippen LogP contribution >= 0.6 is 0 Å². The van der Waals surface area contributed by atoms with Crippen molar-refractivity contribution in [2.24, 2.45) is 0 Å². The summed E-state index contributed by atoms with van der Waals surface area (Å²) in [6, 6.07) is 9.18. The summed E-state index contributed by atoms with van der Waals surface area (Å²) in [5.41, 5.74) is 7.29. The Balaban J connectivity index is 2.28. The molecule has 1 aromatic rings. The van der Waals surface area contributed by atoms with E-state index < -0.39 is 17.6 Å². The number of allylic oxidation sites excluding steroid dienone is 2. The van der Waals surface area contributed by atoms with Gasteiger partial charge in [-0.05, 0) is 37.0 Å². The first kappa shape index (κ1) is 17.9. The molecule has 24 heavy (non-hydrogen) atoms. The van der Waals surface area contributed by atoms with Gasteiger partial charge < -0.3 is 0 Å². The molecule has 2 heteroatoms. The maximum Gasteiger partial charge on any atom is 0.119 e. The van der Waals surface area contributed by atoms with Crippen molar-refractivity contribution in [2.75, 3.05) is 0 Å². The Hall–Kier alpha value is -0.866. The molecule has 0 nitrogen and oxygen atoms in total. The van der Waals surface area contributed by atoms with Crippen molar-refractivity contribution in [2.45, 2.75) is 77.4 Å². The van der Waals surface area contributed by atoms with Crippen LogP contribution in [-0.4, -0.2) is 17.6 Å². The van der Waals surface area contributed by atoms with Crippen molar-refractivity contribution < 1.29 is 0 Å². The van der Waals surface area contributed by atoms with Crippen LogP contribution in [0.2, 0.25) is 15.1 Å². The molecule has 0 amide bonds. The minimum Gasteiger partial charge on any atom is -0.0832 e. The van der Waals surface area contributed by atoms with Gasteiger partial charge in [0.25, 0.3) is 0 Å². The molecule has 0 fully saturated rings. The van der Waals surface area contributed by atoms with Gasteiger partial charge in [0.15, 0.2) is 0 Å². The van der Waals surface area contributed by atoms with Crippen LogP contribution < -0.4 is 0 Å². The second-order valence-electron chi connectivity index (χ2n) is 10.4. The molecule has 2 radical (unpaired) electrons. The highest BCUT2D eigenvalue weighted by Crippen LogP contribution is 2.59. The molecule has 0 aromatic heterocycles. The number of hydrogen-bond donors (Lipinski definition) is 0. The monoisotopic (exact) mass is 352 g/mol. The molecule has 0 saturated heterocycles. The van der Waals surface area contributed by atoms with Crippen molar-refractivity contribution >= 4 is 28.4 Å². The van der Waals surface area contributed by atoms with Crippen LogP contribution in [-0.2, 0) is 0 Å². The molecule has 0 spiro atoms. The van der Waals surface area contributed by atoms with E-state index in [1.54, 1.807) is 21.5 Å². The van der Waals surface area contributed by atoms with E-state index in [9.17, 15) is 0 Å². The van der Waals surface area contributed by atoms with E-state index in [0.717, 1.165) is 0 Å². The molecule has 0 bridgehead atoms. The lowest BCUT2D eigenvalue weighted by molar-refractivity contribution is 0.654. The molecule has 0 saturated carbocycles. The largest absolute Gasteiger partial charge is 0.119 e. The van der Waals surface area contributed by atoms with Crippen LogP contribution in [0.1, 0.15) is 73.4 Å². The van der Waals surface area contributed by atoms with E-state index in [-0.39, 0.29) is 0 Å². The molecular weight excluding hydrogens is 320 g/mol. The topological polar surface area (TPSA) is 0 Å². The van der Waals surface area contributed by atoms with Crippen LogP contribution in [0.15, 0.2) is 35.2 Å². The standard InChI is InChI=1S/C22H32Si2/c1-20(2,3)23-14-17-15-12-10-11-13-16(15)19(18(17)23)24(21(4,5)6)22(7,8)9/h10-14H,1-9H3. The number of hydrogen-bond acceptors (Lipinski definition) is 0. The normalized spacial score (nSPS) is 18.5. The van der Waals surface area contributed by atoms with Crippen molar-refractivity contribution in [1.29, 1.82) is 0 Å². The summed E-state index contributed by atoms with van der Waals surface area (Å²) in [4.78, 5) is 0. The summed E-state index contributed by atoms with van der Waals surface area (Å²) >= 11 is 0. The van der Waals surface area contributed by atoms with E-state index in [1.165, 1.54) is 5.56 Å². The molecule has 3 rings (SSSR count). The summed E-state index contributed by atoms with van der Waals surface area (Å²) in [6.45, 7) is 22.1. The quantitative estimate of drug-likeness (QED) is 0.484. The van der Waals surface area contributed by atoms with Gasteiger partial charge in [-0.2, -0.15) is 0 Å². The highest BCUT2D eigenvalue weighted by molar-refractivity contribution is 6.94. The Labute approximate surface area is 152 Å². The Morgan fingerprint density at radius 2 is 1.25 bits per heavy atom. The van der Waals surface area contributed by atoms with E-state index >= 15 is 0 Å². The van der Waals surface area contributed by atoms with Gasteiger partial charge in [-0.3, -0.25) is 0 Å². The van der Waals surface area contributed by atoms with Crippen molar-refractivity contribution in [3.05, 3.63) is 46.3 Å². The van der Waals surface area contributed by atoms with Crippen molar-refractivity contribution in [3.63, 3.8) is 0 Å². The SMILES string of the molecule is CC(C)(C)[Si]1C=C2C1=C([Si](C(C)(C)C)C(C)(C)C)c1ccccc12. The first-order valence-corrected chi connectivity index (χ1v) is 12.2. The first-order chi connectivity index (χ1) is 10.8. The molecule has 0 N–H and O–H groups in total. The smallest absolute Gasteiger partial charge is 0.0832 e. The lowest BCUT2D eigenvalue weighted by Gasteiger charge is -2.43. The minimum absolute atomic E-state index is 0.355. The first-order valence-electron chi connectivity index (χ1n) is 9.15. The van der Waals surface area contributed by atoms with E-state index in [1.807, 2.05) is 0 Å². The third-order valence-corrected chi connectivity index (χ3v) is 12.6. The van der Waals surface area contributed by atoms with E-state index in [0.29, 0.717) is 15.1 Å². The average molecular weight is 353 g/mol. The maximum absolute atomic E-state index is 2.64. The molecule has 1 aliphatic heterocycles. The van der Waals surface area contributed by atoms with E-state index in [4.69, 9.17) is 0 Å². The van der Waals surface area contributed by atoms with Crippen LogP contribution in [0.3, 0.4) is 0 Å². The lowest BCUT2D eigenvalue weighted by atomic mass is 10.1. The Kier molecular flexibility index (Phi) is 3.97. The molecule has 0 unspecified atom stereocenters. The minimum atomic E-state index is -0.723. The van der Waals surface area contributed by atoms with Crippen molar-refractivity contribution in [1.82, 2.24) is 0 Å². The summed E-state index contributed by atoms with van der Waals surface area (Å²) in [5, 5.41) is 4.67. The second kappa shape index (κ2) is 5.31. The van der Waals surface area contributed by atoms with Crippen molar-refractivity contribution in [3.8, 4) is 0 Å². The Bertz CT molecular complexity index is 716. The molecule has 0 atom stereocenters. The number of fused-ring (bicyclic) bond motifs is 3. The maximum atomic E-state index is 2.64. The molecule has 2 aliphatic rings.